The van der Waals surface area contributed by atoms with Crippen LogP contribution in [0, 0.1) is 11.3 Å². The highest BCUT2D eigenvalue weighted by Crippen LogP contribution is 2.36. The molecule has 0 aliphatic rings. The number of nitrogens with one attached hydrogen (secondary N) is 1. The molecule has 38 heavy (non-hydrogen) atoms. The Bertz CT molecular complexity index is 1480. The van der Waals surface area contributed by atoms with Gasteiger partial charge in [-0.1, -0.05) is 36.4 Å². The molecule has 0 saturated heterocycles. The highest BCUT2D eigenvalue weighted by atomic mass is 16.5. The van der Waals surface area contributed by atoms with Gasteiger partial charge in [-0.2, -0.15) is 15.2 Å². The summed E-state index contributed by atoms with van der Waals surface area (Å²) in [5.74, 6) is 1.12. The van der Waals surface area contributed by atoms with Gasteiger partial charge in [-0.15, -0.1) is 0 Å². The van der Waals surface area contributed by atoms with Crippen molar-refractivity contribution in [2.75, 3.05) is 32.3 Å². The van der Waals surface area contributed by atoms with Gasteiger partial charge in [0, 0.05) is 32.3 Å². The van der Waals surface area contributed by atoms with Crippen molar-refractivity contribution in [1.82, 2.24) is 14.9 Å². The Morgan fingerprint density at radius 3 is 2.50 bits per heavy atom. The molecule has 0 unspecified atom stereocenters. The summed E-state index contributed by atoms with van der Waals surface area (Å²) in [7, 11) is 4.83. The molecule has 0 atom stereocenters. The second-order valence-electron chi connectivity index (χ2n) is 8.32. The maximum absolute atomic E-state index is 12.4. The average molecular weight is 511 g/mol. The number of amides is 1. The third kappa shape index (κ3) is 6.09. The Morgan fingerprint density at radius 2 is 1.79 bits per heavy atom. The Morgan fingerprint density at radius 1 is 1.00 bits per heavy atom. The van der Waals surface area contributed by atoms with Crippen LogP contribution in [0.3, 0.4) is 0 Å². The molecule has 192 valence electrons. The normalized spacial score (nSPS) is 10.3. The number of aromatic nitrogens is 2. The van der Waals surface area contributed by atoms with Gasteiger partial charge in [0.25, 0.3) is 11.8 Å². The van der Waals surface area contributed by atoms with Gasteiger partial charge in [0.1, 0.15) is 11.4 Å². The van der Waals surface area contributed by atoms with Gasteiger partial charge in [0.05, 0.1) is 18.7 Å². The van der Waals surface area contributed by atoms with Crippen molar-refractivity contribution in [3.05, 3.63) is 89.5 Å². The summed E-state index contributed by atoms with van der Waals surface area (Å²) in [6.07, 6.45) is 0. The van der Waals surface area contributed by atoms with E-state index in [1.54, 1.807) is 50.5 Å². The van der Waals surface area contributed by atoms with Crippen LogP contribution in [0.25, 0.3) is 0 Å². The first-order chi connectivity index (χ1) is 18.4. The maximum atomic E-state index is 12.4. The van der Waals surface area contributed by atoms with Crippen LogP contribution >= 0.6 is 0 Å². The van der Waals surface area contributed by atoms with E-state index in [-0.39, 0.29) is 35.1 Å². The van der Waals surface area contributed by atoms with Gasteiger partial charge in [-0.3, -0.25) is 4.79 Å². The summed E-state index contributed by atoms with van der Waals surface area (Å²) in [6, 6.07) is 23.1. The molecule has 0 saturated carbocycles. The molecule has 0 aliphatic heterocycles. The van der Waals surface area contributed by atoms with E-state index >= 15 is 0 Å². The van der Waals surface area contributed by atoms with E-state index < -0.39 is 0 Å². The zero-order chi connectivity index (χ0) is 27.1. The standard InChI is InChI=1S/C28H26N6O4/c1-34(2)27(35)20-10-7-11-21(15-20)37-26-24(30)25(31-17-18-8-5-4-6-9-18)32-28(33-26)38-23-14-19(16-29)12-13-22(23)36-3/h4-15H,17,30H2,1-3H3,(H,31,32,33). The number of nitrogen functional groups attached to an aromatic ring is 1. The summed E-state index contributed by atoms with van der Waals surface area (Å²) >= 11 is 0. The SMILES string of the molecule is COc1ccc(C#N)cc1Oc1nc(NCc2ccccc2)c(N)c(Oc2cccc(C(=O)N(C)C)c2)n1. The number of carbonyl (C=O) groups is 1. The lowest BCUT2D eigenvalue weighted by molar-refractivity contribution is 0.0827. The van der Waals surface area contributed by atoms with E-state index in [1.165, 1.54) is 18.1 Å². The monoisotopic (exact) mass is 510 g/mol. The first-order valence-corrected chi connectivity index (χ1v) is 11.6. The number of nitriles is 1. The predicted molar refractivity (Wildman–Crippen MR) is 143 cm³/mol. The number of methoxy groups -OCH3 is 1. The van der Waals surface area contributed by atoms with Crippen LogP contribution in [0.1, 0.15) is 21.5 Å². The summed E-state index contributed by atoms with van der Waals surface area (Å²) in [5.41, 5.74) is 8.37. The number of ether oxygens (including phenoxy) is 3. The second kappa shape index (κ2) is 11.6. The topological polar surface area (TPSA) is 136 Å². The zero-order valence-corrected chi connectivity index (χ0v) is 21.1. The van der Waals surface area contributed by atoms with Gasteiger partial charge in [0.2, 0.25) is 0 Å². The molecule has 3 N–H and O–H groups in total. The molecule has 4 aromatic rings. The molecule has 1 amide bonds. The molecule has 4 rings (SSSR count). The number of nitrogens with two attached hydrogens (primary N) is 1. The molecule has 0 aliphatic carbocycles. The Labute approximate surface area is 220 Å². The van der Waals surface area contributed by atoms with Crippen molar-refractivity contribution in [3.63, 3.8) is 0 Å². The second-order valence-corrected chi connectivity index (χ2v) is 8.32. The highest BCUT2D eigenvalue weighted by molar-refractivity contribution is 5.94. The minimum Gasteiger partial charge on any atom is -0.493 e. The van der Waals surface area contributed by atoms with Crippen LogP contribution in [-0.2, 0) is 6.54 Å². The fraction of sp³-hybridized carbons (Fsp3) is 0.143. The van der Waals surface area contributed by atoms with Crippen LogP contribution in [0.5, 0.6) is 29.1 Å². The van der Waals surface area contributed by atoms with Crippen molar-refractivity contribution in [1.29, 1.82) is 5.26 Å². The lowest BCUT2D eigenvalue weighted by atomic mass is 10.2. The lowest BCUT2D eigenvalue weighted by Crippen LogP contribution is -2.21. The third-order valence-electron chi connectivity index (χ3n) is 5.39. The highest BCUT2D eigenvalue weighted by Gasteiger charge is 2.18. The molecule has 10 nitrogen and oxygen atoms in total. The molecule has 1 heterocycles. The summed E-state index contributed by atoms with van der Waals surface area (Å²) in [5, 5.41) is 12.5. The van der Waals surface area contributed by atoms with Gasteiger partial charge >= 0.3 is 6.01 Å². The zero-order valence-electron chi connectivity index (χ0n) is 21.1. The van der Waals surface area contributed by atoms with E-state index in [2.05, 4.69) is 21.4 Å². The number of anilines is 2. The first-order valence-electron chi connectivity index (χ1n) is 11.6. The number of rotatable bonds is 9. The van der Waals surface area contributed by atoms with Gasteiger partial charge in [0.15, 0.2) is 17.3 Å². The van der Waals surface area contributed by atoms with E-state index in [0.717, 1.165) is 5.56 Å². The number of hydrogen-bond donors (Lipinski definition) is 2. The van der Waals surface area contributed by atoms with Crippen molar-refractivity contribution in [3.8, 4) is 35.2 Å². The van der Waals surface area contributed by atoms with Gasteiger partial charge in [-0.05, 0) is 35.9 Å². The van der Waals surface area contributed by atoms with Crippen molar-refractivity contribution >= 4 is 17.4 Å². The van der Waals surface area contributed by atoms with E-state index in [1.807, 2.05) is 30.3 Å². The van der Waals surface area contributed by atoms with Crippen LogP contribution in [0.2, 0.25) is 0 Å². The van der Waals surface area contributed by atoms with E-state index in [9.17, 15) is 10.1 Å². The maximum Gasteiger partial charge on any atom is 0.327 e. The molecular formula is C28H26N6O4. The van der Waals surface area contributed by atoms with E-state index in [4.69, 9.17) is 19.9 Å². The molecule has 10 heteroatoms. The minimum atomic E-state index is -0.176. The van der Waals surface area contributed by atoms with Crippen molar-refractivity contribution < 1.29 is 19.0 Å². The third-order valence-corrected chi connectivity index (χ3v) is 5.39. The van der Waals surface area contributed by atoms with Crippen LogP contribution in [0.4, 0.5) is 11.5 Å². The quantitative estimate of drug-likeness (QED) is 0.324. The number of carbonyl (C=O) groups excluding carboxylic acids is 1. The van der Waals surface area contributed by atoms with Crippen LogP contribution in [0.15, 0.2) is 72.8 Å². The number of benzene rings is 3. The summed E-state index contributed by atoms with van der Waals surface area (Å²) < 4.78 is 17.3. The molecule has 0 bridgehead atoms. The number of nitrogens with zero attached hydrogens (tertiary/aromatic N) is 4. The predicted octanol–water partition coefficient (Wildman–Crippen LogP) is 4.84. The smallest absolute Gasteiger partial charge is 0.327 e. The number of hydrogen-bond acceptors (Lipinski definition) is 9. The van der Waals surface area contributed by atoms with Crippen LogP contribution in [-0.4, -0.2) is 42.0 Å². The Kier molecular flexibility index (Phi) is 7.89. The first kappa shape index (κ1) is 25.8. The molecule has 0 radical (unpaired) electrons. The molecule has 1 aromatic heterocycles. The van der Waals surface area contributed by atoms with Gasteiger partial charge < -0.3 is 30.2 Å². The average Bonchev–Trinajstić information content (AvgIpc) is 2.94. The van der Waals surface area contributed by atoms with Crippen molar-refractivity contribution in [2.24, 2.45) is 0 Å². The van der Waals surface area contributed by atoms with Crippen molar-refractivity contribution in [2.45, 2.75) is 6.54 Å². The van der Waals surface area contributed by atoms with Gasteiger partial charge in [-0.25, -0.2) is 0 Å². The molecule has 0 spiro atoms. The molecule has 3 aromatic carbocycles. The fourth-order valence-electron chi connectivity index (χ4n) is 3.46. The Balaban J connectivity index is 1.71. The molecule has 0 fully saturated rings. The summed E-state index contributed by atoms with van der Waals surface area (Å²) in [4.78, 5) is 22.7. The molecular weight excluding hydrogens is 484 g/mol. The largest absolute Gasteiger partial charge is 0.493 e. The van der Waals surface area contributed by atoms with Crippen LogP contribution < -0.4 is 25.3 Å². The van der Waals surface area contributed by atoms with E-state index in [0.29, 0.717) is 29.2 Å². The fourth-order valence-corrected chi connectivity index (χ4v) is 3.46. The Hall–Kier alpha value is -5.30. The minimum absolute atomic E-state index is 0.0235. The summed E-state index contributed by atoms with van der Waals surface area (Å²) in [6.45, 7) is 0.432. The lowest BCUT2D eigenvalue weighted by Gasteiger charge is -2.16.